The number of nitrogens with zero attached hydrogens (tertiary/aromatic N) is 5. The Morgan fingerprint density at radius 1 is 1.32 bits per heavy atom. The van der Waals surface area contributed by atoms with Gasteiger partial charge in [0.25, 0.3) is 7.37 Å². The molecule has 0 bridgehead atoms. The molecule has 2 fully saturated rings. The Morgan fingerprint density at radius 2 is 2.00 bits per heavy atom. The van der Waals surface area contributed by atoms with Crippen LogP contribution in [0.2, 0.25) is 0 Å². The van der Waals surface area contributed by atoms with Gasteiger partial charge in [-0.1, -0.05) is 12.1 Å². The van der Waals surface area contributed by atoms with Gasteiger partial charge in [0.15, 0.2) is 40.4 Å². The molecule has 0 spiro atoms. The number of rotatable bonds is 9. The molecule has 0 aliphatic carbocycles. The largest absolute Gasteiger partial charge is 0.487 e. The number of para-hydroxylation sites is 2. The van der Waals surface area contributed by atoms with Crippen LogP contribution in [0.4, 0.5) is 16.2 Å². The van der Waals surface area contributed by atoms with E-state index in [1.54, 1.807) is 45.0 Å². The molecule has 1 unspecified atom stereocenters. The molecule has 5 N–H and O–H groups in total. The minimum absolute atomic E-state index is 0.0350. The summed E-state index contributed by atoms with van der Waals surface area (Å²) >= 11 is 0. The number of carbonyl (C=O) groups is 1. The van der Waals surface area contributed by atoms with E-state index in [0.29, 0.717) is 11.3 Å². The Kier molecular flexibility index (Phi) is 7.13. The highest BCUT2D eigenvalue weighted by atomic mass is 31.2. The molecule has 3 aromatic rings. The SMILES string of the molecule is CC(C)OC(=O)[C@]1(N)CP1(=O)Oc1ccccc1OC[C@H]1O[C@@H](n2cnc3c(N(C)C)nc(N)nc32)[C@](C)(F)[C@@H]1O. The van der Waals surface area contributed by atoms with Gasteiger partial charge in [-0.25, -0.2) is 14.2 Å². The number of hydrogen-bond acceptors (Lipinski definition) is 13. The smallest absolute Gasteiger partial charge is 0.338 e. The monoisotopic (exact) mass is 593 g/mol. The highest BCUT2D eigenvalue weighted by Crippen LogP contribution is 2.73. The van der Waals surface area contributed by atoms with E-state index in [1.807, 2.05) is 0 Å². The predicted molar refractivity (Wildman–Crippen MR) is 147 cm³/mol. The fraction of sp³-hybridized carbons (Fsp3) is 0.520. The third-order valence-corrected chi connectivity index (χ3v) is 9.54. The van der Waals surface area contributed by atoms with Crippen molar-refractivity contribution in [2.45, 2.75) is 56.3 Å². The van der Waals surface area contributed by atoms with Gasteiger partial charge < -0.3 is 40.2 Å². The van der Waals surface area contributed by atoms with Gasteiger partial charge >= 0.3 is 5.97 Å². The molecule has 2 aliphatic heterocycles. The van der Waals surface area contributed by atoms with Crippen molar-refractivity contribution in [3.05, 3.63) is 30.6 Å². The lowest BCUT2D eigenvalue weighted by Gasteiger charge is -2.24. The third kappa shape index (κ3) is 4.96. The number of ether oxygens (including phenoxy) is 3. The highest BCUT2D eigenvalue weighted by molar-refractivity contribution is 7.70. The van der Waals surface area contributed by atoms with Crippen molar-refractivity contribution in [1.29, 1.82) is 0 Å². The maximum absolute atomic E-state index is 16.0. The molecule has 2 aromatic heterocycles. The molecule has 0 radical (unpaired) electrons. The minimum Gasteiger partial charge on any atom is -0.487 e. The summed E-state index contributed by atoms with van der Waals surface area (Å²) in [5.41, 5.74) is 10.3. The average molecular weight is 594 g/mol. The van der Waals surface area contributed by atoms with Crippen molar-refractivity contribution in [1.82, 2.24) is 19.5 Å². The van der Waals surface area contributed by atoms with Gasteiger partial charge in [0.05, 0.1) is 18.6 Å². The van der Waals surface area contributed by atoms with Crippen LogP contribution in [-0.2, 0) is 18.8 Å². The number of imidazole rings is 1. The summed E-state index contributed by atoms with van der Waals surface area (Å²) in [5, 5.41) is 9.13. The molecule has 222 valence electrons. The topological polar surface area (TPSA) is 190 Å². The van der Waals surface area contributed by atoms with Crippen LogP contribution in [-0.4, -0.2) is 86.7 Å². The van der Waals surface area contributed by atoms with Gasteiger partial charge in [0.2, 0.25) is 11.2 Å². The maximum Gasteiger partial charge on any atom is 0.338 e. The van der Waals surface area contributed by atoms with E-state index in [0.717, 1.165) is 0 Å². The highest BCUT2D eigenvalue weighted by Gasteiger charge is 2.73. The van der Waals surface area contributed by atoms with Gasteiger partial charge in [-0.2, -0.15) is 9.97 Å². The first-order chi connectivity index (χ1) is 19.2. The number of benzene rings is 1. The molecule has 0 saturated carbocycles. The van der Waals surface area contributed by atoms with Crippen molar-refractivity contribution in [2.75, 3.05) is 37.5 Å². The number of nitrogen functional groups attached to an aromatic ring is 1. The van der Waals surface area contributed by atoms with Crippen molar-refractivity contribution in [3.8, 4) is 11.5 Å². The summed E-state index contributed by atoms with van der Waals surface area (Å²) in [6, 6.07) is 6.30. The number of fused-ring (bicyclic) bond motifs is 1. The van der Waals surface area contributed by atoms with Crippen LogP contribution in [0.1, 0.15) is 27.0 Å². The standard InChI is InChI=1S/C25H33FN7O7P/c1-13(2)38-22(35)25(28)11-41(25,36)40-15-9-7-6-8-14(15)37-10-16-18(34)24(3,26)21(39-16)33-12-29-17-19(32(4)5)30-23(27)31-20(17)33/h6-9,12-13,16,18,21,34H,10-11,28H2,1-5H3,(H2,27,30,31)/t16-,18-,21-,24-,25+,41?/m1/s1. The molecule has 2 saturated heterocycles. The zero-order chi connectivity index (χ0) is 29.9. The van der Waals surface area contributed by atoms with Crippen LogP contribution >= 0.6 is 7.37 Å². The van der Waals surface area contributed by atoms with Gasteiger partial charge in [0, 0.05) is 14.1 Å². The van der Waals surface area contributed by atoms with Crippen LogP contribution in [0, 0.1) is 0 Å². The van der Waals surface area contributed by atoms with E-state index >= 15 is 4.39 Å². The van der Waals surface area contributed by atoms with E-state index < -0.39 is 48.8 Å². The summed E-state index contributed by atoms with van der Waals surface area (Å²) in [5.74, 6) is -0.195. The first-order valence-corrected chi connectivity index (χ1v) is 14.7. The second-order valence-electron chi connectivity index (χ2n) is 10.8. The lowest BCUT2D eigenvalue weighted by atomic mass is 9.98. The van der Waals surface area contributed by atoms with Crippen molar-refractivity contribution >= 4 is 36.3 Å². The van der Waals surface area contributed by atoms with Gasteiger partial charge in [-0.05, 0) is 32.9 Å². The fourth-order valence-electron chi connectivity index (χ4n) is 4.64. The number of aliphatic hydroxyl groups excluding tert-OH is 1. The second kappa shape index (κ2) is 10.1. The fourth-order valence-corrected chi connectivity index (χ4v) is 6.71. The maximum atomic E-state index is 16.0. The summed E-state index contributed by atoms with van der Waals surface area (Å²) in [4.78, 5) is 26.8. The van der Waals surface area contributed by atoms with E-state index in [4.69, 9.17) is 30.2 Å². The average Bonchev–Trinajstić information content (AvgIpc) is 3.13. The first kappa shape index (κ1) is 29.0. The number of hydrogen-bond donors (Lipinski definition) is 3. The first-order valence-electron chi connectivity index (χ1n) is 12.9. The molecule has 14 nitrogen and oxygen atoms in total. The molecule has 2 aliphatic rings. The number of nitrogens with two attached hydrogens (primary N) is 2. The van der Waals surface area contributed by atoms with E-state index in [-0.39, 0.29) is 35.9 Å². The quantitative estimate of drug-likeness (QED) is 0.241. The number of alkyl halides is 1. The van der Waals surface area contributed by atoms with Crippen LogP contribution in [0.5, 0.6) is 11.5 Å². The molecule has 41 heavy (non-hydrogen) atoms. The minimum atomic E-state index is -3.62. The molecule has 4 heterocycles. The molecule has 6 atom stereocenters. The Labute approximate surface area is 235 Å². The lowest BCUT2D eigenvalue weighted by molar-refractivity contribution is -0.148. The molecule has 0 amide bonds. The number of anilines is 2. The van der Waals surface area contributed by atoms with Crippen molar-refractivity contribution in [3.63, 3.8) is 0 Å². The summed E-state index contributed by atoms with van der Waals surface area (Å²) in [7, 11) is -0.0981. The predicted octanol–water partition coefficient (Wildman–Crippen LogP) is 1.82. The van der Waals surface area contributed by atoms with Gasteiger partial charge in [0.1, 0.15) is 18.8 Å². The second-order valence-corrected chi connectivity index (χ2v) is 13.4. The Hall–Kier alpha value is -3.52. The summed E-state index contributed by atoms with van der Waals surface area (Å²) in [6.07, 6.45) is -3.32. The Bertz CT molecular complexity index is 1530. The lowest BCUT2D eigenvalue weighted by Crippen LogP contribution is -2.41. The third-order valence-electron chi connectivity index (χ3n) is 6.96. The number of aromatic nitrogens is 4. The number of esters is 1. The zero-order valence-corrected chi connectivity index (χ0v) is 24.1. The number of carbonyl (C=O) groups excluding carboxylic acids is 1. The molecular weight excluding hydrogens is 560 g/mol. The van der Waals surface area contributed by atoms with Gasteiger partial charge in [-0.15, -0.1) is 0 Å². The van der Waals surface area contributed by atoms with E-state index in [9.17, 15) is 14.5 Å². The summed E-state index contributed by atoms with van der Waals surface area (Å²) in [6.45, 7) is 4.23. The Balaban J connectivity index is 1.33. The zero-order valence-electron chi connectivity index (χ0n) is 23.2. The van der Waals surface area contributed by atoms with E-state index in [2.05, 4.69) is 15.0 Å². The van der Waals surface area contributed by atoms with Crippen molar-refractivity contribution in [2.24, 2.45) is 5.73 Å². The van der Waals surface area contributed by atoms with Crippen LogP contribution in [0.25, 0.3) is 11.2 Å². The van der Waals surface area contributed by atoms with Crippen LogP contribution < -0.4 is 25.6 Å². The van der Waals surface area contributed by atoms with E-state index in [1.165, 1.54) is 30.0 Å². The Morgan fingerprint density at radius 3 is 2.66 bits per heavy atom. The molecule has 1 aromatic carbocycles. The number of halogens is 1. The number of aliphatic hydroxyl groups is 1. The molecule has 16 heteroatoms. The summed E-state index contributed by atoms with van der Waals surface area (Å²) < 4.78 is 53.2. The molecule has 5 rings (SSSR count). The van der Waals surface area contributed by atoms with Crippen LogP contribution in [0.3, 0.4) is 0 Å². The normalized spacial score (nSPS) is 30.9. The van der Waals surface area contributed by atoms with Crippen molar-refractivity contribution < 1.29 is 37.6 Å². The van der Waals surface area contributed by atoms with Gasteiger partial charge in [-0.3, -0.25) is 9.13 Å². The van der Waals surface area contributed by atoms with Crippen LogP contribution in [0.15, 0.2) is 30.6 Å². The molecular formula is C25H33FN7O7P.